The Morgan fingerprint density at radius 1 is 1.17 bits per heavy atom. The number of halogens is 1. The highest BCUT2D eigenvalue weighted by molar-refractivity contribution is 5.70. The van der Waals surface area contributed by atoms with Crippen molar-refractivity contribution < 1.29 is 4.39 Å². The summed E-state index contributed by atoms with van der Waals surface area (Å²) >= 11 is 0. The first kappa shape index (κ1) is 22.0. The molecule has 1 aromatic carbocycles. The predicted molar refractivity (Wildman–Crippen MR) is 124 cm³/mol. The largest absolute Gasteiger partial charge is 0.317 e. The second-order valence-corrected chi connectivity index (χ2v) is 9.00. The summed E-state index contributed by atoms with van der Waals surface area (Å²) in [6.45, 7) is 16.4. The highest BCUT2D eigenvalue weighted by atomic mass is 19.1. The van der Waals surface area contributed by atoms with Gasteiger partial charge in [0.2, 0.25) is 0 Å². The van der Waals surface area contributed by atoms with Crippen LogP contribution in [-0.2, 0) is 5.41 Å². The molecule has 2 aliphatic rings. The van der Waals surface area contributed by atoms with Crippen molar-refractivity contribution in [3.8, 4) is 0 Å². The first-order valence-electron chi connectivity index (χ1n) is 11.2. The van der Waals surface area contributed by atoms with Gasteiger partial charge in [-0.15, -0.1) is 0 Å². The van der Waals surface area contributed by atoms with Crippen LogP contribution in [-0.4, -0.2) is 25.2 Å². The first-order chi connectivity index (χ1) is 13.9. The lowest BCUT2D eigenvalue weighted by Crippen LogP contribution is -2.41. The molecule has 0 amide bonds. The van der Waals surface area contributed by atoms with E-state index in [1.54, 1.807) is 6.07 Å². The van der Waals surface area contributed by atoms with Gasteiger partial charge in [0.25, 0.3) is 0 Å². The number of hydrogen-bond acceptors (Lipinski definition) is 2. The molecule has 2 nitrogen and oxygen atoms in total. The minimum atomic E-state index is -0.311. The third-order valence-electron chi connectivity index (χ3n) is 6.88. The molecule has 0 radical (unpaired) electrons. The quantitative estimate of drug-likeness (QED) is 0.553. The number of hydrogen-bond donors (Lipinski definition) is 2. The Balaban J connectivity index is 1.88. The normalized spacial score (nSPS) is 24.1. The van der Waals surface area contributed by atoms with Gasteiger partial charge in [0.1, 0.15) is 5.82 Å². The maximum Gasteiger partial charge on any atom is 0.128 e. The van der Waals surface area contributed by atoms with Crippen LogP contribution in [0.15, 0.2) is 36.9 Å². The molecular weight excluding hydrogens is 359 g/mol. The molecule has 158 valence electrons. The molecule has 2 aliphatic heterocycles. The van der Waals surface area contributed by atoms with Crippen molar-refractivity contribution in [2.45, 2.75) is 76.8 Å². The van der Waals surface area contributed by atoms with Gasteiger partial charge in [-0.2, -0.15) is 0 Å². The van der Waals surface area contributed by atoms with Crippen molar-refractivity contribution in [3.63, 3.8) is 0 Å². The second kappa shape index (κ2) is 9.40. The van der Waals surface area contributed by atoms with Gasteiger partial charge in [-0.05, 0) is 88.7 Å². The van der Waals surface area contributed by atoms with Crippen molar-refractivity contribution in [3.05, 3.63) is 59.4 Å². The molecular formula is C26H37FN2. The zero-order valence-electron chi connectivity index (χ0n) is 18.4. The fraction of sp³-hybridized carbons (Fsp3) is 0.538. The van der Waals surface area contributed by atoms with Crippen LogP contribution in [0.4, 0.5) is 4.39 Å². The molecule has 1 aromatic rings. The predicted octanol–water partition coefficient (Wildman–Crippen LogP) is 5.99. The van der Waals surface area contributed by atoms with Crippen molar-refractivity contribution in [1.29, 1.82) is 0 Å². The Hall–Kier alpha value is -1.71. The number of benzene rings is 1. The highest BCUT2D eigenvalue weighted by Gasteiger charge is 2.38. The van der Waals surface area contributed by atoms with E-state index in [0.29, 0.717) is 12.1 Å². The summed E-state index contributed by atoms with van der Waals surface area (Å²) in [5.74, 6) is -0.125. The monoisotopic (exact) mass is 396 g/mol. The number of piperidine rings is 1. The number of nitrogens with one attached hydrogen (secondary N) is 2. The van der Waals surface area contributed by atoms with Crippen LogP contribution in [0.1, 0.15) is 76.0 Å². The van der Waals surface area contributed by atoms with E-state index in [1.165, 1.54) is 19.3 Å². The van der Waals surface area contributed by atoms with E-state index in [4.69, 9.17) is 0 Å². The molecule has 3 rings (SSSR count). The average molecular weight is 397 g/mol. The zero-order chi connectivity index (χ0) is 21.0. The van der Waals surface area contributed by atoms with Gasteiger partial charge >= 0.3 is 0 Å². The van der Waals surface area contributed by atoms with E-state index in [9.17, 15) is 0 Å². The summed E-state index contributed by atoms with van der Waals surface area (Å²) in [6.07, 6.45) is 10.7. The summed E-state index contributed by atoms with van der Waals surface area (Å²) in [7, 11) is 0. The van der Waals surface area contributed by atoms with Crippen molar-refractivity contribution >= 4 is 11.6 Å². The fourth-order valence-corrected chi connectivity index (χ4v) is 5.07. The maximum atomic E-state index is 15.5. The van der Waals surface area contributed by atoms with Crippen molar-refractivity contribution in [1.82, 2.24) is 10.6 Å². The van der Waals surface area contributed by atoms with E-state index in [-0.39, 0.29) is 11.2 Å². The van der Waals surface area contributed by atoms with Crippen LogP contribution in [0.5, 0.6) is 0 Å². The molecule has 0 spiro atoms. The Labute approximate surface area is 176 Å². The van der Waals surface area contributed by atoms with Crippen LogP contribution < -0.4 is 10.6 Å². The second-order valence-electron chi connectivity index (χ2n) is 9.00. The summed E-state index contributed by atoms with van der Waals surface area (Å²) in [4.78, 5) is 0. The van der Waals surface area contributed by atoms with Gasteiger partial charge in [-0.25, -0.2) is 4.39 Å². The third kappa shape index (κ3) is 4.73. The Morgan fingerprint density at radius 3 is 2.45 bits per heavy atom. The molecule has 0 aliphatic carbocycles. The van der Waals surface area contributed by atoms with Crippen LogP contribution >= 0.6 is 0 Å². The van der Waals surface area contributed by atoms with Gasteiger partial charge in [0, 0.05) is 23.1 Å². The first-order valence-corrected chi connectivity index (χ1v) is 11.2. The Kier molecular flexibility index (Phi) is 7.13. The molecule has 2 fully saturated rings. The molecule has 0 aromatic heterocycles. The third-order valence-corrected chi connectivity index (χ3v) is 6.88. The van der Waals surface area contributed by atoms with Gasteiger partial charge in [0.05, 0.1) is 0 Å². The lowest BCUT2D eigenvalue weighted by molar-refractivity contribution is 0.344. The maximum absolute atomic E-state index is 15.5. The molecule has 2 heterocycles. The standard InChI is InChI=1S/C26H37FN2/c1-6-21-10-11-22(29-21)9-7-8-20-16-23(18(2)3)25(24(27)17-20)26(19(4)5)12-14-28-15-13-26/h7-8,16-17,21-22,28-29H,2,4,6,9-15H2,1,3,5H3/b8-7+. The minimum Gasteiger partial charge on any atom is -0.317 e. The fourth-order valence-electron chi connectivity index (χ4n) is 5.07. The van der Waals surface area contributed by atoms with Crippen LogP contribution in [0.3, 0.4) is 0 Å². The van der Waals surface area contributed by atoms with Crippen molar-refractivity contribution in [2.75, 3.05) is 13.1 Å². The van der Waals surface area contributed by atoms with Crippen molar-refractivity contribution in [2.24, 2.45) is 0 Å². The summed E-state index contributed by atoms with van der Waals surface area (Å²) in [5.41, 5.74) is 4.30. The van der Waals surface area contributed by atoms with E-state index in [1.807, 2.05) is 13.8 Å². The molecule has 2 unspecified atom stereocenters. The SMILES string of the molecule is C=C(C)c1cc(/C=C/CC2CCC(CC)N2)cc(F)c1C1(C(=C)C)CCNCC1. The summed E-state index contributed by atoms with van der Waals surface area (Å²) in [6, 6.07) is 5.01. The number of rotatable bonds is 7. The van der Waals surface area contributed by atoms with Gasteiger partial charge in [0.15, 0.2) is 0 Å². The molecule has 0 bridgehead atoms. The molecule has 2 N–H and O–H groups in total. The minimum absolute atomic E-state index is 0.125. The molecule has 2 saturated heterocycles. The van der Waals surface area contributed by atoms with Gasteiger partial charge in [-0.3, -0.25) is 0 Å². The van der Waals surface area contributed by atoms with Gasteiger partial charge in [-0.1, -0.05) is 43.4 Å². The summed E-state index contributed by atoms with van der Waals surface area (Å²) < 4.78 is 15.5. The van der Waals surface area contributed by atoms with Crippen LogP contribution in [0, 0.1) is 5.82 Å². The van der Waals surface area contributed by atoms with Crippen LogP contribution in [0.25, 0.3) is 11.6 Å². The Morgan fingerprint density at radius 2 is 1.86 bits per heavy atom. The molecule has 0 saturated carbocycles. The highest BCUT2D eigenvalue weighted by Crippen LogP contribution is 2.44. The van der Waals surface area contributed by atoms with Crippen LogP contribution in [0.2, 0.25) is 0 Å². The van der Waals surface area contributed by atoms with E-state index in [0.717, 1.165) is 60.2 Å². The summed E-state index contributed by atoms with van der Waals surface area (Å²) in [5, 5.41) is 7.08. The lowest BCUT2D eigenvalue weighted by atomic mass is 9.66. The average Bonchev–Trinajstić information content (AvgIpc) is 3.16. The van der Waals surface area contributed by atoms with E-state index in [2.05, 4.69) is 48.9 Å². The lowest BCUT2D eigenvalue weighted by Gasteiger charge is -2.40. The van der Waals surface area contributed by atoms with Gasteiger partial charge < -0.3 is 10.6 Å². The topological polar surface area (TPSA) is 24.1 Å². The molecule has 3 heteroatoms. The molecule has 29 heavy (non-hydrogen) atoms. The number of allylic oxidation sites excluding steroid dienone is 2. The molecule has 2 atom stereocenters. The smallest absolute Gasteiger partial charge is 0.128 e. The zero-order valence-corrected chi connectivity index (χ0v) is 18.4. The van der Waals surface area contributed by atoms with E-state index < -0.39 is 0 Å². The Bertz CT molecular complexity index is 786. The van der Waals surface area contributed by atoms with E-state index >= 15 is 4.39 Å².